The van der Waals surface area contributed by atoms with Crippen molar-refractivity contribution in [1.82, 2.24) is 5.32 Å². The molecule has 3 rings (SSSR count). The molecule has 6 heteroatoms. The monoisotopic (exact) mass is 279 g/mol. The molecule has 0 aromatic heterocycles. The van der Waals surface area contributed by atoms with Crippen LogP contribution in [0.15, 0.2) is 12.1 Å². The summed E-state index contributed by atoms with van der Waals surface area (Å²) in [6, 6.07) is 2.91. The minimum Gasteiger partial charge on any atom is -0.495 e. The van der Waals surface area contributed by atoms with Gasteiger partial charge in [0.1, 0.15) is 11.6 Å². The molecule has 2 saturated heterocycles. The van der Waals surface area contributed by atoms with Gasteiger partial charge < -0.3 is 20.7 Å². The fourth-order valence-corrected chi connectivity index (χ4v) is 3.21. The van der Waals surface area contributed by atoms with Crippen LogP contribution >= 0.6 is 0 Å². The highest BCUT2D eigenvalue weighted by atomic mass is 19.1. The van der Waals surface area contributed by atoms with Gasteiger partial charge in [-0.25, -0.2) is 4.39 Å². The van der Waals surface area contributed by atoms with Gasteiger partial charge in [-0.2, -0.15) is 0 Å². The lowest BCUT2D eigenvalue weighted by molar-refractivity contribution is -0.123. The number of carbonyl (C=O) groups is 1. The van der Waals surface area contributed by atoms with Crippen molar-refractivity contribution in [2.24, 2.45) is 5.92 Å². The molecule has 1 amide bonds. The van der Waals surface area contributed by atoms with Crippen LogP contribution in [-0.2, 0) is 4.79 Å². The number of anilines is 2. The fraction of sp³-hybridized carbons (Fsp3) is 0.500. The first-order chi connectivity index (χ1) is 9.61. The van der Waals surface area contributed by atoms with E-state index in [1.807, 2.05) is 4.90 Å². The van der Waals surface area contributed by atoms with Crippen LogP contribution in [0.2, 0.25) is 0 Å². The molecule has 0 bridgehead atoms. The number of hydrogen-bond donors (Lipinski definition) is 2. The zero-order valence-corrected chi connectivity index (χ0v) is 11.4. The number of methoxy groups -OCH3 is 1. The molecular weight excluding hydrogens is 261 g/mol. The van der Waals surface area contributed by atoms with Crippen LogP contribution in [-0.4, -0.2) is 32.1 Å². The summed E-state index contributed by atoms with van der Waals surface area (Å²) in [7, 11) is 1.51. The molecule has 108 valence electrons. The van der Waals surface area contributed by atoms with E-state index in [1.165, 1.54) is 13.2 Å². The van der Waals surface area contributed by atoms with Gasteiger partial charge in [0.2, 0.25) is 5.91 Å². The largest absolute Gasteiger partial charge is 0.495 e. The normalized spacial score (nSPS) is 25.3. The molecule has 1 aromatic carbocycles. The van der Waals surface area contributed by atoms with Crippen molar-refractivity contribution in [3.8, 4) is 5.75 Å². The second kappa shape index (κ2) is 4.85. The van der Waals surface area contributed by atoms with Gasteiger partial charge in [0.25, 0.3) is 0 Å². The topological polar surface area (TPSA) is 67.6 Å². The number of ether oxygens (including phenoxy) is 1. The number of hydrogen-bond acceptors (Lipinski definition) is 4. The fourth-order valence-electron chi connectivity index (χ4n) is 3.21. The Balaban J connectivity index is 1.97. The summed E-state index contributed by atoms with van der Waals surface area (Å²) in [4.78, 5) is 13.7. The van der Waals surface area contributed by atoms with E-state index in [-0.39, 0.29) is 29.4 Å². The first-order valence-electron chi connectivity index (χ1n) is 6.79. The summed E-state index contributed by atoms with van der Waals surface area (Å²) in [5.74, 6) is 0.110. The zero-order chi connectivity index (χ0) is 14.3. The van der Waals surface area contributed by atoms with Crippen LogP contribution in [0.4, 0.5) is 15.8 Å². The smallest absolute Gasteiger partial charge is 0.225 e. The van der Waals surface area contributed by atoms with Crippen molar-refractivity contribution in [2.45, 2.75) is 18.9 Å². The third-order valence-electron chi connectivity index (χ3n) is 4.21. The second-order valence-electron chi connectivity index (χ2n) is 5.30. The first kappa shape index (κ1) is 13.0. The molecule has 1 aromatic rings. The van der Waals surface area contributed by atoms with E-state index < -0.39 is 0 Å². The maximum absolute atomic E-state index is 14.2. The number of carbonyl (C=O) groups excluding carboxylic acids is 1. The summed E-state index contributed by atoms with van der Waals surface area (Å²) in [5, 5.41) is 2.86. The molecule has 0 saturated carbocycles. The molecule has 0 aliphatic carbocycles. The number of piperidine rings is 1. The Kier molecular flexibility index (Phi) is 3.16. The lowest BCUT2D eigenvalue weighted by Crippen LogP contribution is -2.46. The summed E-state index contributed by atoms with van der Waals surface area (Å²) in [6.45, 7) is 1.30. The maximum Gasteiger partial charge on any atom is 0.225 e. The minimum absolute atomic E-state index is 0.0130. The number of halogens is 1. The molecule has 2 aliphatic rings. The Bertz CT molecular complexity index is 549. The van der Waals surface area contributed by atoms with Crippen molar-refractivity contribution >= 4 is 17.3 Å². The van der Waals surface area contributed by atoms with Crippen LogP contribution < -0.4 is 20.7 Å². The highest BCUT2D eigenvalue weighted by Gasteiger charge is 2.41. The van der Waals surface area contributed by atoms with E-state index in [0.717, 1.165) is 19.4 Å². The quantitative estimate of drug-likeness (QED) is 0.796. The SMILES string of the molecule is COc1cc(N2CCCC3C(=O)NCC32)c(F)cc1N. The lowest BCUT2D eigenvalue weighted by atomic mass is 9.91. The van der Waals surface area contributed by atoms with Crippen molar-refractivity contribution < 1.29 is 13.9 Å². The van der Waals surface area contributed by atoms with Crippen LogP contribution in [0.1, 0.15) is 12.8 Å². The zero-order valence-electron chi connectivity index (χ0n) is 11.4. The molecule has 2 atom stereocenters. The Hall–Kier alpha value is -1.98. The number of benzene rings is 1. The molecular formula is C14H18FN3O2. The molecule has 5 nitrogen and oxygen atoms in total. The average molecular weight is 279 g/mol. The van der Waals surface area contributed by atoms with E-state index in [4.69, 9.17) is 10.5 Å². The predicted octanol–water partition coefficient (Wildman–Crippen LogP) is 1.13. The molecule has 3 N–H and O–H groups in total. The number of rotatable bonds is 2. The van der Waals surface area contributed by atoms with Crippen molar-refractivity contribution in [3.05, 3.63) is 17.9 Å². The van der Waals surface area contributed by atoms with Gasteiger partial charge in [0, 0.05) is 25.2 Å². The first-order valence-corrected chi connectivity index (χ1v) is 6.79. The Morgan fingerprint density at radius 2 is 2.30 bits per heavy atom. The maximum atomic E-state index is 14.2. The number of nitrogens with zero attached hydrogens (tertiary/aromatic N) is 1. The molecule has 2 heterocycles. The molecule has 0 radical (unpaired) electrons. The van der Waals surface area contributed by atoms with Gasteiger partial charge in [-0.3, -0.25) is 4.79 Å². The highest BCUT2D eigenvalue weighted by molar-refractivity contribution is 5.83. The molecule has 20 heavy (non-hydrogen) atoms. The Labute approximate surface area is 116 Å². The van der Waals surface area contributed by atoms with Crippen LogP contribution in [0.3, 0.4) is 0 Å². The number of nitrogens with two attached hydrogens (primary N) is 1. The number of fused-ring (bicyclic) bond motifs is 1. The standard InChI is InChI=1S/C14H18FN3O2/c1-20-13-6-11(9(15)5-10(13)16)18-4-2-3-8-12(18)7-17-14(8)19/h5-6,8,12H,2-4,7,16H2,1H3,(H,17,19). The lowest BCUT2D eigenvalue weighted by Gasteiger charge is -2.38. The van der Waals surface area contributed by atoms with Gasteiger partial charge in [0.15, 0.2) is 0 Å². The van der Waals surface area contributed by atoms with Gasteiger partial charge in [-0.05, 0) is 12.8 Å². The Morgan fingerprint density at radius 1 is 1.50 bits per heavy atom. The molecule has 2 fully saturated rings. The third kappa shape index (κ3) is 1.95. The van der Waals surface area contributed by atoms with E-state index in [2.05, 4.69) is 5.32 Å². The summed E-state index contributed by atoms with van der Waals surface area (Å²) >= 11 is 0. The van der Waals surface area contributed by atoms with Gasteiger partial charge in [-0.1, -0.05) is 0 Å². The van der Waals surface area contributed by atoms with E-state index in [9.17, 15) is 9.18 Å². The van der Waals surface area contributed by atoms with Crippen LogP contribution in [0.25, 0.3) is 0 Å². The van der Waals surface area contributed by atoms with E-state index in [1.54, 1.807) is 6.07 Å². The van der Waals surface area contributed by atoms with Gasteiger partial charge >= 0.3 is 0 Å². The van der Waals surface area contributed by atoms with Crippen LogP contribution in [0, 0.1) is 11.7 Å². The van der Waals surface area contributed by atoms with Gasteiger partial charge in [0.05, 0.1) is 30.4 Å². The van der Waals surface area contributed by atoms with Crippen molar-refractivity contribution in [2.75, 3.05) is 30.8 Å². The van der Waals surface area contributed by atoms with Crippen molar-refractivity contribution in [1.29, 1.82) is 0 Å². The van der Waals surface area contributed by atoms with Gasteiger partial charge in [-0.15, -0.1) is 0 Å². The average Bonchev–Trinajstić information content (AvgIpc) is 2.81. The number of nitrogen functional groups attached to an aromatic ring is 1. The number of amides is 1. The summed E-state index contributed by atoms with van der Waals surface area (Å²) in [6.07, 6.45) is 1.74. The van der Waals surface area contributed by atoms with E-state index >= 15 is 0 Å². The summed E-state index contributed by atoms with van der Waals surface area (Å²) in [5.41, 5.74) is 6.45. The molecule has 2 aliphatic heterocycles. The predicted molar refractivity (Wildman–Crippen MR) is 74.2 cm³/mol. The molecule has 0 spiro atoms. The number of nitrogens with one attached hydrogen (secondary N) is 1. The summed E-state index contributed by atoms with van der Waals surface area (Å²) < 4.78 is 19.4. The van der Waals surface area contributed by atoms with Crippen LogP contribution in [0.5, 0.6) is 5.75 Å². The van der Waals surface area contributed by atoms with E-state index in [0.29, 0.717) is 18.0 Å². The minimum atomic E-state index is -0.372. The molecule has 2 unspecified atom stereocenters. The second-order valence-corrected chi connectivity index (χ2v) is 5.30. The van der Waals surface area contributed by atoms with Crippen molar-refractivity contribution in [3.63, 3.8) is 0 Å². The highest BCUT2D eigenvalue weighted by Crippen LogP contribution is 2.36. The Morgan fingerprint density at radius 3 is 3.05 bits per heavy atom. The third-order valence-corrected chi connectivity index (χ3v) is 4.21.